The van der Waals surface area contributed by atoms with Crippen LogP contribution >= 0.6 is 11.6 Å². The fourth-order valence-electron chi connectivity index (χ4n) is 6.40. The van der Waals surface area contributed by atoms with Crippen LogP contribution in [0.2, 0.25) is 5.02 Å². The van der Waals surface area contributed by atoms with Crippen LogP contribution < -0.4 is 21.1 Å². The number of halogens is 1. The van der Waals surface area contributed by atoms with Crippen LogP contribution in [0.3, 0.4) is 0 Å². The average molecular weight is 442 g/mol. The molecule has 8 nitrogen and oxygen atoms in total. The summed E-state index contributed by atoms with van der Waals surface area (Å²) in [5.41, 5.74) is -0.623. The third kappa shape index (κ3) is 3.12. The zero-order chi connectivity index (χ0) is 21.9. The number of benzene rings is 1. The first-order valence-electron chi connectivity index (χ1n) is 10.4. The van der Waals surface area contributed by atoms with E-state index in [1.807, 2.05) is 0 Å². The Hall–Kier alpha value is -2.87. The largest absolute Gasteiger partial charge is 0.550 e. The van der Waals surface area contributed by atoms with Gasteiger partial charge < -0.3 is 25.1 Å². The summed E-state index contributed by atoms with van der Waals surface area (Å²) in [5, 5.41) is 30.2. The highest BCUT2D eigenvalue weighted by Crippen LogP contribution is 2.61. The third-order valence-electron chi connectivity index (χ3n) is 7.27. The van der Waals surface area contributed by atoms with Crippen molar-refractivity contribution >= 4 is 34.9 Å². The van der Waals surface area contributed by atoms with E-state index in [0.29, 0.717) is 30.4 Å². The molecule has 1 heterocycles. The second-order valence-electron chi connectivity index (χ2n) is 9.09. The first kappa shape index (κ1) is 20.1. The first-order chi connectivity index (χ1) is 14.8. The van der Waals surface area contributed by atoms with Crippen molar-refractivity contribution in [2.24, 2.45) is 23.7 Å². The molecular formula is C22H20ClN3O5-2. The van der Waals surface area contributed by atoms with Crippen molar-refractivity contribution in [2.75, 3.05) is 5.32 Å². The van der Waals surface area contributed by atoms with Crippen molar-refractivity contribution < 1.29 is 19.8 Å². The maximum Gasteiger partial charge on any atom is 0.288 e. The van der Waals surface area contributed by atoms with E-state index in [-0.39, 0.29) is 22.2 Å². The van der Waals surface area contributed by atoms with Gasteiger partial charge in [0.15, 0.2) is 0 Å². The summed E-state index contributed by atoms with van der Waals surface area (Å²) in [6.07, 6.45) is 5.41. The monoisotopic (exact) mass is 441 g/mol. The lowest BCUT2D eigenvalue weighted by molar-refractivity contribution is -0.323. The van der Waals surface area contributed by atoms with Gasteiger partial charge in [-0.1, -0.05) is 23.7 Å². The Morgan fingerprint density at radius 2 is 1.74 bits per heavy atom. The molecule has 0 saturated heterocycles. The van der Waals surface area contributed by atoms with Crippen molar-refractivity contribution in [3.05, 3.63) is 51.4 Å². The van der Waals surface area contributed by atoms with Crippen LogP contribution in [0.15, 0.2) is 35.3 Å². The molecule has 1 aromatic heterocycles. The Kier molecular flexibility index (Phi) is 4.58. The number of aromatic carboxylic acids is 1. The lowest BCUT2D eigenvalue weighted by Crippen LogP contribution is -2.65. The van der Waals surface area contributed by atoms with Crippen LogP contribution in [-0.2, 0) is 10.3 Å². The van der Waals surface area contributed by atoms with Gasteiger partial charge in [-0.25, -0.2) is 4.68 Å². The van der Waals surface area contributed by atoms with Crippen LogP contribution in [0.25, 0.3) is 0 Å². The highest BCUT2D eigenvalue weighted by atomic mass is 35.5. The minimum absolute atomic E-state index is 0.00349. The van der Waals surface area contributed by atoms with Gasteiger partial charge in [-0.15, -0.1) is 0 Å². The molecule has 1 N–H and O–H groups in total. The number of hydrogen-bond acceptors (Lipinski definition) is 7. The molecule has 4 fully saturated rings. The first-order valence-corrected chi connectivity index (χ1v) is 10.7. The number of nitrogens with zero attached hydrogens (tertiary/aromatic N) is 2. The van der Waals surface area contributed by atoms with Crippen LogP contribution in [-0.4, -0.2) is 21.7 Å². The van der Waals surface area contributed by atoms with E-state index in [9.17, 15) is 24.6 Å². The van der Waals surface area contributed by atoms with Crippen molar-refractivity contribution in [3.8, 4) is 0 Å². The van der Waals surface area contributed by atoms with Gasteiger partial charge >= 0.3 is 0 Å². The highest BCUT2D eigenvalue weighted by Gasteiger charge is 2.59. The van der Waals surface area contributed by atoms with E-state index in [4.69, 9.17) is 11.6 Å². The molecule has 0 aliphatic heterocycles. The number of aromatic nitrogens is 2. The Bertz CT molecular complexity index is 1110. The van der Waals surface area contributed by atoms with Gasteiger partial charge in [0.2, 0.25) is 0 Å². The highest BCUT2D eigenvalue weighted by molar-refractivity contribution is 6.33. The zero-order valence-corrected chi connectivity index (χ0v) is 17.3. The predicted octanol–water partition coefficient (Wildman–Crippen LogP) is 0.905. The van der Waals surface area contributed by atoms with Gasteiger partial charge in [-0.05, 0) is 67.6 Å². The molecule has 2 aromatic rings. The standard InChI is InChI=1S/C22H22ClN3O5/c23-18-16(25-15-3-1-13(2-4-15)20(28)29)10-24-26(19(18)27)22-8-11-5-12(9-22)7-14(6-11)17(22)21(30)31/h1-4,10-12,14,17,25H,5-9H2,(H,28,29)(H,30,31)/p-2/t11-,12+,14?,17-,22?/m0/s1. The van der Waals surface area contributed by atoms with E-state index >= 15 is 0 Å². The molecule has 9 heteroatoms. The normalized spacial score (nSPS) is 30.9. The molecule has 0 amide bonds. The molecule has 162 valence electrons. The zero-order valence-electron chi connectivity index (χ0n) is 16.5. The summed E-state index contributed by atoms with van der Waals surface area (Å²) in [6.45, 7) is 0. The maximum absolute atomic E-state index is 13.2. The maximum atomic E-state index is 13.2. The molecule has 4 saturated carbocycles. The van der Waals surface area contributed by atoms with Gasteiger partial charge in [0.25, 0.3) is 5.56 Å². The fourth-order valence-corrected chi connectivity index (χ4v) is 6.57. The number of carboxylic acid groups (broad SMARTS) is 2. The van der Waals surface area contributed by atoms with Crippen molar-refractivity contribution in [2.45, 2.75) is 37.6 Å². The van der Waals surface area contributed by atoms with Crippen LogP contribution in [0, 0.1) is 23.7 Å². The second kappa shape index (κ2) is 7.09. The summed E-state index contributed by atoms with van der Waals surface area (Å²) in [7, 11) is 0. The summed E-state index contributed by atoms with van der Waals surface area (Å²) in [6, 6.07) is 5.80. The van der Waals surface area contributed by atoms with E-state index in [1.165, 1.54) is 35.1 Å². The number of carboxylic acids is 2. The molecule has 2 unspecified atom stereocenters. The van der Waals surface area contributed by atoms with E-state index < -0.39 is 29.0 Å². The van der Waals surface area contributed by atoms with Crippen LogP contribution in [0.1, 0.15) is 42.5 Å². The van der Waals surface area contributed by atoms with Crippen molar-refractivity contribution in [1.82, 2.24) is 9.78 Å². The molecule has 4 aliphatic rings. The molecule has 4 aliphatic carbocycles. The van der Waals surface area contributed by atoms with E-state index in [0.717, 1.165) is 19.3 Å². The predicted molar refractivity (Wildman–Crippen MR) is 108 cm³/mol. The lowest BCUT2D eigenvalue weighted by atomic mass is 9.48. The van der Waals surface area contributed by atoms with Gasteiger partial charge in [0.1, 0.15) is 5.02 Å². The number of aliphatic carboxylic acids is 1. The molecule has 31 heavy (non-hydrogen) atoms. The number of hydrogen-bond donors (Lipinski definition) is 1. The third-order valence-corrected chi connectivity index (χ3v) is 7.63. The topological polar surface area (TPSA) is 127 Å². The Morgan fingerprint density at radius 3 is 2.32 bits per heavy atom. The summed E-state index contributed by atoms with van der Waals surface area (Å²) in [4.78, 5) is 36.2. The van der Waals surface area contributed by atoms with Gasteiger partial charge in [-0.3, -0.25) is 4.79 Å². The van der Waals surface area contributed by atoms with Crippen molar-refractivity contribution in [1.29, 1.82) is 0 Å². The summed E-state index contributed by atoms with van der Waals surface area (Å²) in [5.74, 6) is -2.38. The minimum Gasteiger partial charge on any atom is -0.550 e. The lowest BCUT2D eigenvalue weighted by Gasteiger charge is -2.61. The molecular weight excluding hydrogens is 422 g/mol. The number of carbonyl (C=O) groups excluding carboxylic acids is 2. The molecule has 4 bridgehead atoms. The Balaban J connectivity index is 1.51. The summed E-state index contributed by atoms with van der Waals surface area (Å²) >= 11 is 6.39. The number of carbonyl (C=O) groups is 2. The molecule has 1 aromatic carbocycles. The average Bonchev–Trinajstić information content (AvgIpc) is 2.70. The minimum atomic E-state index is -1.29. The van der Waals surface area contributed by atoms with E-state index in [1.54, 1.807) is 0 Å². The van der Waals surface area contributed by atoms with Crippen LogP contribution in [0.4, 0.5) is 11.4 Å². The Labute approximate surface area is 182 Å². The Morgan fingerprint density at radius 1 is 1.10 bits per heavy atom. The molecule has 0 radical (unpaired) electrons. The molecule has 6 rings (SSSR count). The van der Waals surface area contributed by atoms with Gasteiger partial charge in [0.05, 0.1) is 23.4 Å². The van der Waals surface area contributed by atoms with E-state index in [2.05, 4.69) is 10.4 Å². The van der Waals surface area contributed by atoms with Crippen molar-refractivity contribution in [3.63, 3.8) is 0 Å². The number of nitrogens with one attached hydrogen (secondary N) is 1. The molecule has 0 spiro atoms. The van der Waals surface area contributed by atoms with Crippen LogP contribution in [0.5, 0.6) is 0 Å². The smallest absolute Gasteiger partial charge is 0.288 e. The molecule has 5 atom stereocenters. The van der Waals surface area contributed by atoms with Gasteiger partial charge in [-0.2, -0.15) is 5.10 Å². The fraction of sp³-hybridized carbons (Fsp3) is 0.455. The number of rotatable bonds is 5. The SMILES string of the molecule is O=C([O-])c1ccc(Nc2cnn(C34C[C@@H]5CC(C[C@@H](C5)C3)[C@H]4C(=O)[O-])c(=O)c2Cl)cc1. The quantitative estimate of drug-likeness (QED) is 0.730. The summed E-state index contributed by atoms with van der Waals surface area (Å²) < 4.78 is 1.30. The number of anilines is 2. The van der Waals surface area contributed by atoms with Gasteiger partial charge in [0, 0.05) is 17.6 Å². The second-order valence-corrected chi connectivity index (χ2v) is 9.46.